The predicted octanol–water partition coefficient (Wildman–Crippen LogP) is 5.08. The molecule has 2 rings (SSSR count). The topological polar surface area (TPSA) is 21.3 Å². The Labute approximate surface area is 129 Å². The van der Waals surface area contributed by atoms with Gasteiger partial charge in [0, 0.05) is 12.6 Å². The number of nitrogens with one attached hydrogen (secondary N) is 1. The highest BCUT2D eigenvalue weighted by molar-refractivity contribution is 6.32. The number of hydrogen-bond donors (Lipinski definition) is 1. The Bertz CT molecular complexity index is 616. The molecule has 112 valence electrons. The van der Waals surface area contributed by atoms with E-state index >= 15 is 0 Å². The average Bonchev–Trinajstić information content (AvgIpc) is 2.42. The van der Waals surface area contributed by atoms with Crippen molar-refractivity contribution in [3.8, 4) is 11.5 Å². The van der Waals surface area contributed by atoms with E-state index in [1.165, 1.54) is 12.1 Å². The van der Waals surface area contributed by atoms with Gasteiger partial charge in [-0.15, -0.1) is 0 Å². The van der Waals surface area contributed by atoms with E-state index in [1.807, 2.05) is 25.1 Å². The Balaban J connectivity index is 2.15. The number of rotatable bonds is 6. The van der Waals surface area contributed by atoms with E-state index < -0.39 is 0 Å². The molecule has 0 radical (unpaired) electrons. The zero-order valence-electron chi connectivity index (χ0n) is 12.2. The van der Waals surface area contributed by atoms with Crippen LogP contribution >= 0.6 is 11.6 Å². The van der Waals surface area contributed by atoms with Crippen molar-refractivity contribution in [1.29, 1.82) is 0 Å². The molecule has 0 saturated carbocycles. The zero-order valence-corrected chi connectivity index (χ0v) is 13.0. The third-order valence-electron chi connectivity index (χ3n) is 3.00. The summed E-state index contributed by atoms with van der Waals surface area (Å²) in [4.78, 5) is 0. The van der Waals surface area contributed by atoms with Crippen LogP contribution in [0.4, 0.5) is 4.39 Å². The molecule has 0 aliphatic heterocycles. The van der Waals surface area contributed by atoms with Crippen molar-refractivity contribution >= 4 is 11.6 Å². The highest BCUT2D eigenvalue weighted by Gasteiger charge is 2.06. The van der Waals surface area contributed by atoms with Crippen molar-refractivity contribution in [2.24, 2.45) is 0 Å². The minimum absolute atomic E-state index is 0.316. The summed E-state index contributed by atoms with van der Waals surface area (Å²) in [5.41, 5.74) is 1.90. The van der Waals surface area contributed by atoms with Crippen LogP contribution in [0.3, 0.4) is 0 Å². The maximum absolute atomic E-state index is 13.7. The molecule has 0 bridgehead atoms. The second-order valence-electron chi connectivity index (χ2n) is 5.01. The van der Waals surface area contributed by atoms with E-state index in [-0.39, 0.29) is 5.82 Å². The fraction of sp³-hybridized carbons (Fsp3) is 0.294. The summed E-state index contributed by atoms with van der Waals surface area (Å²) in [6.45, 7) is 5.56. The molecule has 2 aromatic rings. The van der Waals surface area contributed by atoms with Gasteiger partial charge in [-0.25, -0.2) is 4.39 Å². The van der Waals surface area contributed by atoms with Crippen molar-refractivity contribution in [1.82, 2.24) is 5.32 Å². The van der Waals surface area contributed by atoms with Crippen LogP contribution in [0.2, 0.25) is 5.02 Å². The largest absolute Gasteiger partial charge is 0.456 e. The van der Waals surface area contributed by atoms with Gasteiger partial charge in [0.2, 0.25) is 0 Å². The number of hydrogen-bond acceptors (Lipinski definition) is 2. The first-order valence-electron chi connectivity index (χ1n) is 7.02. The van der Waals surface area contributed by atoms with E-state index in [2.05, 4.69) is 12.2 Å². The minimum atomic E-state index is -0.316. The van der Waals surface area contributed by atoms with Crippen molar-refractivity contribution in [2.45, 2.75) is 26.8 Å². The molecule has 0 fully saturated rings. The van der Waals surface area contributed by atoms with Crippen molar-refractivity contribution in [3.63, 3.8) is 0 Å². The van der Waals surface area contributed by atoms with Gasteiger partial charge in [-0.2, -0.15) is 0 Å². The Morgan fingerprint density at radius 1 is 1.19 bits per heavy atom. The van der Waals surface area contributed by atoms with Gasteiger partial charge in [0.1, 0.15) is 17.3 Å². The lowest BCUT2D eigenvalue weighted by molar-refractivity contribution is 0.475. The predicted molar refractivity (Wildman–Crippen MR) is 84.7 cm³/mol. The monoisotopic (exact) mass is 307 g/mol. The first-order chi connectivity index (χ1) is 10.1. The number of halogens is 2. The molecular formula is C17H19ClFNO. The second-order valence-corrected chi connectivity index (χ2v) is 5.42. The molecule has 0 spiro atoms. The summed E-state index contributed by atoms with van der Waals surface area (Å²) in [6, 6.07) is 10.2. The molecular weight excluding hydrogens is 289 g/mol. The third-order valence-corrected chi connectivity index (χ3v) is 3.30. The fourth-order valence-corrected chi connectivity index (χ4v) is 2.28. The van der Waals surface area contributed by atoms with Crippen LogP contribution < -0.4 is 10.1 Å². The van der Waals surface area contributed by atoms with Crippen molar-refractivity contribution in [3.05, 3.63) is 58.4 Å². The number of benzene rings is 2. The van der Waals surface area contributed by atoms with Gasteiger partial charge in [0.05, 0.1) is 5.02 Å². The van der Waals surface area contributed by atoms with Crippen LogP contribution in [0.15, 0.2) is 36.4 Å². The van der Waals surface area contributed by atoms with Crippen LogP contribution in [-0.4, -0.2) is 6.54 Å². The van der Waals surface area contributed by atoms with Crippen LogP contribution in [-0.2, 0) is 6.54 Å². The van der Waals surface area contributed by atoms with E-state index in [0.717, 1.165) is 24.1 Å². The van der Waals surface area contributed by atoms with Gasteiger partial charge in [-0.05, 0) is 55.3 Å². The molecule has 0 saturated heterocycles. The zero-order chi connectivity index (χ0) is 15.2. The molecule has 0 unspecified atom stereocenters. The van der Waals surface area contributed by atoms with E-state index in [9.17, 15) is 4.39 Å². The smallest absolute Gasteiger partial charge is 0.146 e. The van der Waals surface area contributed by atoms with Crippen molar-refractivity contribution < 1.29 is 9.13 Å². The molecule has 21 heavy (non-hydrogen) atoms. The molecule has 4 heteroatoms. The summed E-state index contributed by atoms with van der Waals surface area (Å²) in [6.07, 6.45) is 1.04. The lowest BCUT2D eigenvalue weighted by Gasteiger charge is -2.10. The summed E-state index contributed by atoms with van der Waals surface area (Å²) in [7, 11) is 0. The average molecular weight is 308 g/mol. The molecule has 0 aliphatic rings. The Morgan fingerprint density at radius 3 is 2.71 bits per heavy atom. The molecule has 0 amide bonds. The van der Waals surface area contributed by atoms with Gasteiger partial charge in [0.15, 0.2) is 0 Å². The van der Waals surface area contributed by atoms with Crippen LogP contribution in [0, 0.1) is 12.7 Å². The highest BCUT2D eigenvalue weighted by atomic mass is 35.5. The second kappa shape index (κ2) is 7.43. The molecule has 0 aliphatic carbocycles. The maximum Gasteiger partial charge on any atom is 0.146 e. The van der Waals surface area contributed by atoms with Crippen LogP contribution in [0.5, 0.6) is 11.5 Å². The summed E-state index contributed by atoms with van der Waals surface area (Å²) in [5, 5.41) is 3.76. The first kappa shape index (κ1) is 15.8. The standard InChI is InChI=1S/C17H19ClFNO/c1-3-6-20-11-13-8-14(19)10-15(9-13)21-17-5-4-12(2)7-16(17)18/h4-5,7-10,20H,3,6,11H2,1-2H3. The van der Waals surface area contributed by atoms with Gasteiger partial charge >= 0.3 is 0 Å². The van der Waals surface area contributed by atoms with E-state index in [1.54, 1.807) is 6.07 Å². The van der Waals surface area contributed by atoms with Crippen LogP contribution in [0.25, 0.3) is 0 Å². The molecule has 2 nitrogen and oxygen atoms in total. The van der Waals surface area contributed by atoms with E-state index in [4.69, 9.17) is 16.3 Å². The third kappa shape index (κ3) is 4.73. The van der Waals surface area contributed by atoms with E-state index in [0.29, 0.717) is 23.1 Å². The number of aryl methyl sites for hydroxylation is 1. The fourth-order valence-electron chi connectivity index (χ4n) is 2.01. The highest BCUT2D eigenvalue weighted by Crippen LogP contribution is 2.30. The van der Waals surface area contributed by atoms with Crippen LogP contribution in [0.1, 0.15) is 24.5 Å². The SMILES string of the molecule is CCCNCc1cc(F)cc(Oc2ccc(C)cc2Cl)c1. The Kier molecular flexibility index (Phi) is 5.59. The molecule has 1 N–H and O–H groups in total. The Morgan fingerprint density at radius 2 is 2.00 bits per heavy atom. The van der Waals surface area contributed by atoms with Gasteiger partial charge in [-0.1, -0.05) is 24.6 Å². The molecule has 0 heterocycles. The van der Waals surface area contributed by atoms with Gasteiger partial charge < -0.3 is 10.1 Å². The first-order valence-corrected chi connectivity index (χ1v) is 7.40. The quantitative estimate of drug-likeness (QED) is 0.751. The van der Waals surface area contributed by atoms with Crippen molar-refractivity contribution in [2.75, 3.05) is 6.54 Å². The summed E-state index contributed by atoms with van der Waals surface area (Å²) >= 11 is 6.13. The lowest BCUT2D eigenvalue weighted by atomic mass is 10.2. The normalized spacial score (nSPS) is 10.7. The number of ether oxygens (including phenoxy) is 1. The van der Waals surface area contributed by atoms with Gasteiger partial charge in [0.25, 0.3) is 0 Å². The summed E-state index contributed by atoms with van der Waals surface area (Å²) < 4.78 is 19.4. The lowest BCUT2D eigenvalue weighted by Crippen LogP contribution is -2.13. The summed E-state index contributed by atoms with van der Waals surface area (Å²) in [5.74, 6) is 0.665. The van der Waals surface area contributed by atoms with Gasteiger partial charge in [-0.3, -0.25) is 0 Å². The Hall–Kier alpha value is -1.58. The molecule has 2 aromatic carbocycles. The maximum atomic E-state index is 13.7. The molecule has 0 aromatic heterocycles. The molecule has 0 atom stereocenters. The minimum Gasteiger partial charge on any atom is -0.456 e.